The second-order valence-electron chi connectivity index (χ2n) is 5.22. The van der Waals surface area contributed by atoms with Crippen LogP contribution in [0.1, 0.15) is 25.3 Å². The minimum absolute atomic E-state index is 0.125. The van der Waals surface area contributed by atoms with Crippen LogP contribution in [0.15, 0.2) is 18.2 Å². The zero-order chi connectivity index (χ0) is 13.8. The Kier molecular flexibility index (Phi) is 5.22. The molecule has 106 valence electrons. The maximum Gasteiger partial charge on any atom is 0.146 e. The van der Waals surface area contributed by atoms with E-state index in [0.717, 1.165) is 18.7 Å². The van der Waals surface area contributed by atoms with E-state index >= 15 is 0 Å². The first-order valence-corrected chi connectivity index (χ1v) is 8.07. The van der Waals surface area contributed by atoms with Crippen LogP contribution in [0, 0.1) is 5.82 Å². The van der Waals surface area contributed by atoms with Crippen LogP contribution < -0.4 is 4.90 Å². The molecule has 2 nitrogen and oxygen atoms in total. The third-order valence-corrected chi connectivity index (χ3v) is 4.61. The van der Waals surface area contributed by atoms with Crippen molar-refractivity contribution >= 4 is 21.6 Å². The van der Waals surface area contributed by atoms with Gasteiger partial charge in [0.05, 0.1) is 5.69 Å². The third kappa shape index (κ3) is 3.48. The third-order valence-electron chi connectivity index (χ3n) is 3.97. The highest BCUT2D eigenvalue weighted by Gasteiger charge is 2.24. The molecule has 1 aromatic carbocycles. The van der Waals surface area contributed by atoms with Crippen LogP contribution >= 0.6 is 15.9 Å². The minimum atomic E-state index is -0.125. The number of benzene rings is 1. The number of anilines is 1. The molecule has 0 N–H and O–H groups in total. The topological polar surface area (TPSA) is 6.48 Å². The number of nitrogens with zero attached hydrogens (tertiary/aromatic N) is 2. The Balaban J connectivity index is 2.05. The van der Waals surface area contributed by atoms with Crippen LogP contribution in [-0.4, -0.2) is 37.6 Å². The Morgan fingerprint density at radius 3 is 2.89 bits per heavy atom. The molecule has 1 fully saturated rings. The van der Waals surface area contributed by atoms with E-state index in [4.69, 9.17) is 0 Å². The van der Waals surface area contributed by atoms with Crippen LogP contribution in [0.4, 0.5) is 10.1 Å². The lowest BCUT2D eigenvalue weighted by molar-refractivity contribution is 0.270. The molecule has 1 aliphatic heterocycles. The Labute approximate surface area is 123 Å². The Morgan fingerprint density at radius 2 is 2.26 bits per heavy atom. The molecule has 0 saturated carbocycles. The van der Waals surface area contributed by atoms with Gasteiger partial charge >= 0.3 is 0 Å². The summed E-state index contributed by atoms with van der Waals surface area (Å²) in [6.45, 7) is 5.37. The van der Waals surface area contributed by atoms with E-state index < -0.39 is 0 Å². The van der Waals surface area contributed by atoms with Crippen molar-refractivity contribution in [3.8, 4) is 0 Å². The van der Waals surface area contributed by atoms with Gasteiger partial charge in [0.2, 0.25) is 0 Å². The van der Waals surface area contributed by atoms with Gasteiger partial charge in [-0.1, -0.05) is 28.9 Å². The van der Waals surface area contributed by atoms with Crippen molar-refractivity contribution < 1.29 is 4.39 Å². The number of hydrogen-bond donors (Lipinski definition) is 0. The van der Waals surface area contributed by atoms with E-state index in [-0.39, 0.29) is 5.82 Å². The summed E-state index contributed by atoms with van der Waals surface area (Å²) in [6.07, 6.45) is 2.48. The molecule has 1 aliphatic rings. The molecule has 2 rings (SSSR count). The van der Waals surface area contributed by atoms with E-state index in [1.165, 1.54) is 19.4 Å². The summed E-state index contributed by atoms with van der Waals surface area (Å²) in [7, 11) is 1.98. The van der Waals surface area contributed by atoms with Crippen LogP contribution in [0.5, 0.6) is 0 Å². The van der Waals surface area contributed by atoms with Gasteiger partial charge in [-0.2, -0.15) is 0 Å². The lowest BCUT2D eigenvalue weighted by Crippen LogP contribution is -2.39. The number of likely N-dealkylation sites (tertiary alicyclic amines) is 1. The van der Waals surface area contributed by atoms with Gasteiger partial charge in [-0.15, -0.1) is 0 Å². The largest absolute Gasteiger partial charge is 0.371 e. The van der Waals surface area contributed by atoms with Crippen LogP contribution in [0.25, 0.3) is 0 Å². The fraction of sp³-hybridized carbons (Fsp3) is 0.600. The smallest absolute Gasteiger partial charge is 0.146 e. The molecular formula is C15H22BrFN2. The lowest BCUT2D eigenvalue weighted by atomic mass is 10.1. The number of hydrogen-bond acceptors (Lipinski definition) is 2. The van der Waals surface area contributed by atoms with Crippen LogP contribution in [0.3, 0.4) is 0 Å². The van der Waals surface area contributed by atoms with Crippen molar-refractivity contribution in [3.63, 3.8) is 0 Å². The van der Waals surface area contributed by atoms with Crippen molar-refractivity contribution in [1.82, 2.24) is 4.90 Å². The predicted molar refractivity (Wildman–Crippen MR) is 82.6 cm³/mol. The van der Waals surface area contributed by atoms with Crippen molar-refractivity contribution in [1.29, 1.82) is 0 Å². The summed E-state index contributed by atoms with van der Waals surface area (Å²) >= 11 is 3.35. The van der Waals surface area contributed by atoms with Gasteiger partial charge in [0.25, 0.3) is 0 Å². The first-order valence-electron chi connectivity index (χ1n) is 6.95. The number of alkyl halides is 1. The molecule has 19 heavy (non-hydrogen) atoms. The summed E-state index contributed by atoms with van der Waals surface area (Å²) in [4.78, 5) is 4.53. The molecule has 4 heteroatoms. The van der Waals surface area contributed by atoms with Crippen LogP contribution in [0.2, 0.25) is 0 Å². The van der Waals surface area contributed by atoms with Gasteiger partial charge in [-0.05, 0) is 43.6 Å². The molecule has 1 aromatic rings. The van der Waals surface area contributed by atoms with Crippen molar-refractivity contribution in [2.24, 2.45) is 0 Å². The summed E-state index contributed by atoms with van der Waals surface area (Å²) in [5.74, 6) is -0.125. The lowest BCUT2D eigenvalue weighted by Gasteiger charge is -2.29. The molecule has 0 radical (unpaired) electrons. The van der Waals surface area contributed by atoms with Crippen molar-refractivity contribution in [2.75, 3.05) is 31.6 Å². The first kappa shape index (κ1) is 14.8. The van der Waals surface area contributed by atoms with Crippen molar-refractivity contribution in [2.45, 2.75) is 31.1 Å². The van der Waals surface area contributed by atoms with E-state index in [1.807, 2.05) is 24.1 Å². The second-order valence-corrected chi connectivity index (χ2v) is 5.79. The molecule has 1 heterocycles. The summed E-state index contributed by atoms with van der Waals surface area (Å²) in [5.41, 5.74) is 1.68. The van der Waals surface area contributed by atoms with E-state index in [9.17, 15) is 4.39 Å². The number of halogens is 2. The first-order chi connectivity index (χ1) is 9.15. The fourth-order valence-electron chi connectivity index (χ4n) is 2.88. The number of likely N-dealkylation sites (N-methyl/N-ethyl adjacent to an activating group) is 2. The quantitative estimate of drug-likeness (QED) is 0.761. The number of rotatable bonds is 5. The van der Waals surface area contributed by atoms with Crippen molar-refractivity contribution in [3.05, 3.63) is 29.6 Å². The SMILES string of the molecule is CCN1CCCC1CN(C)c1ccc(CBr)cc1F. The Bertz CT molecular complexity index is 425. The molecule has 0 aliphatic carbocycles. The van der Waals surface area contributed by atoms with E-state index in [1.54, 1.807) is 6.07 Å². The van der Waals surface area contributed by atoms with E-state index in [2.05, 4.69) is 27.8 Å². The summed E-state index contributed by atoms with van der Waals surface area (Å²) in [6, 6.07) is 6.05. The van der Waals surface area contributed by atoms with E-state index in [0.29, 0.717) is 17.1 Å². The average Bonchev–Trinajstić information content (AvgIpc) is 2.85. The zero-order valence-electron chi connectivity index (χ0n) is 11.7. The average molecular weight is 329 g/mol. The molecular weight excluding hydrogens is 307 g/mol. The van der Waals surface area contributed by atoms with Gasteiger partial charge in [0.1, 0.15) is 5.82 Å². The fourth-order valence-corrected chi connectivity index (χ4v) is 3.22. The predicted octanol–water partition coefficient (Wildman–Crippen LogP) is 3.64. The summed E-state index contributed by atoms with van der Waals surface area (Å²) < 4.78 is 14.1. The highest BCUT2D eigenvalue weighted by molar-refractivity contribution is 9.08. The minimum Gasteiger partial charge on any atom is -0.371 e. The van der Waals surface area contributed by atoms with Gasteiger partial charge < -0.3 is 4.90 Å². The standard InChI is InChI=1S/C15H22BrFN2/c1-3-19-8-4-5-13(19)11-18(2)15-7-6-12(10-16)9-14(15)17/h6-7,9,13H,3-5,8,10-11H2,1-2H3. The maximum atomic E-state index is 14.1. The molecule has 1 unspecified atom stereocenters. The normalized spacial score (nSPS) is 19.9. The van der Waals surface area contributed by atoms with Gasteiger partial charge in [0, 0.05) is 25.0 Å². The summed E-state index contributed by atoms with van der Waals surface area (Å²) in [5, 5.41) is 0.695. The Hall–Kier alpha value is -0.610. The van der Waals surface area contributed by atoms with Gasteiger partial charge in [-0.25, -0.2) is 4.39 Å². The highest BCUT2D eigenvalue weighted by atomic mass is 79.9. The van der Waals surface area contributed by atoms with Gasteiger partial charge in [-0.3, -0.25) is 4.90 Å². The van der Waals surface area contributed by atoms with Crippen LogP contribution in [-0.2, 0) is 5.33 Å². The molecule has 1 atom stereocenters. The highest BCUT2D eigenvalue weighted by Crippen LogP contribution is 2.24. The molecule has 1 saturated heterocycles. The maximum absolute atomic E-state index is 14.1. The molecule has 0 bridgehead atoms. The zero-order valence-corrected chi connectivity index (χ0v) is 13.3. The molecule has 0 aromatic heterocycles. The Morgan fingerprint density at radius 1 is 1.47 bits per heavy atom. The second kappa shape index (κ2) is 6.71. The van der Waals surface area contributed by atoms with Gasteiger partial charge in [0.15, 0.2) is 0 Å². The molecule has 0 spiro atoms. The molecule has 0 amide bonds. The monoisotopic (exact) mass is 328 g/mol.